The molecule has 6 heteroatoms. The molecule has 1 unspecified atom stereocenters. The maximum atomic E-state index is 13.6. The summed E-state index contributed by atoms with van der Waals surface area (Å²) in [5.41, 5.74) is 0. The van der Waals surface area contributed by atoms with Crippen molar-refractivity contribution in [1.29, 1.82) is 0 Å². The molecule has 2 heterocycles. The van der Waals surface area contributed by atoms with Gasteiger partial charge in [-0.1, -0.05) is 6.92 Å². The first-order valence-electron chi connectivity index (χ1n) is 6.03. The fourth-order valence-electron chi connectivity index (χ4n) is 2.31. The van der Waals surface area contributed by atoms with Gasteiger partial charge in [-0.05, 0) is 13.5 Å². The van der Waals surface area contributed by atoms with Gasteiger partial charge in [-0.2, -0.15) is 9.37 Å². The zero-order valence-corrected chi connectivity index (χ0v) is 10.5. The predicted octanol–water partition coefficient (Wildman–Crippen LogP) is 2.03. The second-order valence-electron chi connectivity index (χ2n) is 4.49. The minimum atomic E-state index is -1.25. The number of hydrogen-bond acceptors (Lipinski definition) is 3. The molecule has 18 heavy (non-hydrogen) atoms. The minimum Gasteiger partial charge on any atom is -0.351 e. The lowest BCUT2D eigenvalue weighted by Crippen LogP contribution is -2.52. The van der Waals surface area contributed by atoms with E-state index in [4.69, 9.17) is 0 Å². The molecule has 1 atom stereocenters. The maximum Gasteiger partial charge on any atom is 0.251 e. The van der Waals surface area contributed by atoms with Crippen LogP contribution in [0, 0.1) is 17.6 Å². The third-order valence-electron chi connectivity index (χ3n) is 3.34. The summed E-state index contributed by atoms with van der Waals surface area (Å²) >= 11 is 0. The Bertz CT molecular complexity index is 439. The molecule has 1 aromatic rings. The Hall–Kier alpha value is -1.30. The molecule has 3 nitrogen and oxygen atoms in total. The highest BCUT2D eigenvalue weighted by molar-refractivity contribution is 5.41. The highest BCUT2D eigenvalue weighted by Crippen LogP contribution is 2.21. The van der Waals surface area contributed by atoms with Crippen molar-refractivity contribution in [1.82, 2.24) is 9.88 Å². The molecule has 1 saturated heterocycles. The van der Waals surface area contributed by atoms with Crippen molar-refractivity contribution < 1.29 is 13.2 Å². The Balaban J connectivity index is 2.20. The molecule has 0 saturated carbocycles. The summed E-state index contributed by atoms with van der Waals surface area (Å²) in [7, 11) is 0. The van der Waals surface area contributed by atoms with E-state index in [0.717, 1.165) is 13.1 Å². The Kier molecular flexibility index (Phi) is 3.75. The maximum absolute atomic E-state index is 13.6. The van der Waals surface area contributed by atoms with Crippen LogP contribution in [0.15, 0.2) is 6.07 Å². The molecule has 0 radical (unpaired) electrons. The molecule has 1 aliphatic rings. The quantitative estimate of drug-likeness (QED) is 0.758. The Labute approximate surface area is 104 Å². The van der Waals surface area contributed by atoms with Gasteiger partial charge in [0.15, 0.2) is 17.5 Å². The first-order valence-corrected chi connectivity index (χ1v) is 6.03. The van der Waals surface area contributed by atoms with Gasteiger partial charge in [0, 0.05) is 31.7 Å². The van der Waals surface area contributed by atoms with Gasteiger partial charge in [-0.3, -0.25) is 4.90 Å². The van der Waals surface area contributed by atoms with Crippen molar-refractivity contribution in [3.63, 3.8) is 0 Å². The molecule has 0 aromatic carbocycles. The summed E-state index contributed by atoms with van der Waals surface area (Å²) in [6, 6.07) is 0.784. The Morgan fingerprint density at radius 3 is 2.61 bits per heavy atom. The summed E-state index contributed by atoms with van der Waals surface area (Å²) in [5.74, 6) is -3.42. The summed E-state index contributed by atoms with van der Waals surface area (Å²) < 4.78 is 39.5. The normalized spacial score (nSPS) is 21.4. The van der Waals surface area contributed by atoms with Crippen molar-refractivity contribution in [3.8, 4) is 0 Å². The lowest BCUT2D eigenvalue weighted by atomic mass is 10.2. The topological polar surface area (TPSA) is 19.4 Å². The van der Waals surface area contributed by atoms with Gasteiger partial charge < -0.3 is 4.90 Å². The average Bonchev–Trinajstić information content (AvgIpc) is 2.33. The molecule has 0 aliphatic carbocycles. The Morgan fingerprint density at radius 1 is 1.28 bits per heavy atom. The van der Waals surface area contributed by atoms with Crippen LogP contribution in [-0.2, 0) is 0 Å². The number of anilines is 1. The molecule has 0 spiro atoms. The van der Waals surface area contributed by atoms with Crippen LogP contribution in [-0.4, -0.2) is 42.1 Å². The number of pyridine rings is 1. The van der Waals surface area contributed by atoms with Crippen LogP contribution in [0.2, 0.25) is 0 Å². The van der Waals surface area contributed by atoms with Crippen LogP contribution in [0.5, 0.6) is 0 Å². The number of rotatable bonds is 2. The summed E-state index contributed by atoms with van der Waals surface area (Å²) in [4.78, 5) is 7.28. The third-order valence-corrected chi connectivity index (χ3v) is 3.34. The Morgan fingerprint density at radius 2 is 2.00 bits per heavy atom. The van der Waals surface area contributed by atoms with Gasteiger partial charge in [-0.15, -0.1) is 0 Å². The number of nitrogens with zero attached hydrogens (tertiary/aromatic N) is 3. The molecule has 2 rings (SSSR count). The molecule has 0 amide bonds. The summed E-state index contributed by atoms with van der Waals surface area (Å²) in [5, 5.41) is 0. The van der Waals surface area contributed by atoms with E-state index in [0.29, 0.717) is 19.2 Å². The molecule has 1 aliphatic heterocycles. The van der Waals surface area contributed by atoms with Crippen molar-refractivity contribution in [3.05, 3.63) is 23.6 Å². The third kappa shape index (κ3) is 2.43. The van der Waals surface area contributed by atoms with Crippen LogP contribution in [0.4, 0.5) is 19.0 Å². The lowest BCUT2D eigenvalue weighted by Gasteiger charge is -2.39. The molecule has 1 aromatic heterocycles. The first kappa shape index (κ1) is 13.1. The number of piperazine rings is 1. The van der Waals surface area contributed by atoms with E-state index in [9.17, 15) is 13.2 Å². The van der Waals surface area contributed by atoms with E-state index < -0.39 is 17.6 Å². The lowest BCUT2D eigenvalue weighted by molar-refractivity contribution is 0.198. The van der Waals surface area contributed by atoms with Crippen LogP contribution < -0.4 is 4.90 Å². The highest BCUT2D eigenvalue weighted by atomic mass is 19.2. The van der Waals surface area contributed by atoms with Gasteiger partial charge in [0.25, 0.3) is 5.95 Å². The highest BCUT2D eigenvalue weighted by Gasteiger charge is 2.26. The van der Waals surface area contributed by atoms with Gasteiger partial charge in [0.2, 0.25) is 0 Å². The summed E-state index contributed by atoms with van der Waals surface area (Å²) in [6.07, 6.45) is 0. The average molecular weight is 259 g/mol. The van der Waals surface area contributed by atoms with E-state index in [-0.39, 0.29) is 11.9 Å². The number of aromatic nitrogens is 1. The van der Waals surface area contributed by atoms with Crippen LogP contribution in [0.25, 0.3) is 0 Å². The fourth-order valence-corrected chi connectivity index (χ4v) is 2.31. The molecule has 1 fully saturated rings. The van der Waals surface area contributed by atoms with Crippen molar-refractivity contribution in [2.45, 2.75) is 19.9 Å². The molecule has 100 valence electrons. The monoisotopic (exact) mass is 259 g/mol. The molecule has 0 bridgehead atoms. The van der Waals surface area contributed by atoms with Gasteiger partial charge in [0.05, 0.1) is 0 Å². The smallest absolute Gasteiger partial charge is 0.251 e. The fraction of sp³-hybridized carbons (Fsp3) is 0.583. The van der Waals surface area contributed by atoms with Crippen LogP contribution in [0.1, 0.15) is 13.8 Å². The number of likely N-dealkylation sites (N-methyl/N-ethyl adjacent to an activating group) is 1. The SMILES string of the molecule is CCN1CCN(c2nc(F)c(F)cc2F)CC1C. The second kappa shape index (κ2) is 5.14. The van der Waals surface area contributed by atoms with Crippen LogP contribution in [0.3, 0.4) is 0 Å². The van der Waals surface area contributed by atoms with E-state index in [1.807, 2.05) is 6.92 Å². The van der Waals surface area contributed by atoms with Crippen molar-refractivity contribution >= 4 is 5.82 Å². The second-order valence-corrected chi connectivity index (χ2v) is 4.49. The number of halogens is 3. The van der Waals surface area contributed by atoms with E-state index in [1.54, 1.807) is 4.90 Å². The van der Waals surface area contributed by atoms with Gasteiger partial charge in [0.1, 0.15) is 0 Å². The van der Waals surface area contributed by atoms with Gasteiger partial charge >= 0.3 is 0 Å². The standard InChI is InChI=1S/C12H16F3N3/c1-3-17-4-5-18(7-8(17)2)12-10(14)6-9(13)11(15)16-12/h6,8H,3-5,7H2,1-2H3. The van der Waals surface area contributed by atoms with Crippen molar-refractivity contribution in [2.24, 2.45) is 0 Å². The number of hydrogen-bond donors (Lipinski definition) is 0. The van der Waals surface area contributed by atoms with E-state index >= 15 is 0 Å². The zero-order chi connectivity index (χ0) is 13.3. The minimum absolute atomic E-state index is 0.100. The first-order chi connectivity index (χ1) is 8.52. The molecule has 0 N–H and O–H groups in total. The summed E-state index contributed by atoms with van der Waals surface area (Å²) in [6.45, 7) is 6.88. The molecular formula is C12H16F3N3. The van der Waals surface area contributed by atoms with Gasteiger partial charge in [-0.25, -0.2) is 8.78 Å². The zero-order valence-electron chi connectivity index (χ0n) is 10.5. The largest absolute Gasteiger partial charge is 0.351 e. The van der Waals surface area contributed by atoms with Crippen molar-refractivity contribution in [2.75, 3.05) is 31.1 Å². The van der Waals surface area contributed by atoms with E-state index in [1.165, 1.54) is 0 Å². The van der Waals surface area contributed by atoms with E-state index in [2.05, 4.69) is 16.8 Å². The predicted molar refractivity (Wildman–Crippen MR) is 63.0 cm³/mol. The van der Waals surface area contributed by atoms with Crippen LogP contribution >= 0.6 is 0 Å². The molecular weight excluding hydrogens is 243 g/mol.